The molecule has 4 heteroatoms. The molecule has 0 spiro atoms. The van der Waals surface area contributed by atoms with Gasteiger partial charge < -0.3 is 5.11 Å². The summed E-state index contributed by atoms with van der Waals surface area (Å²) < 4.78 is 0. The van der Waals surface area contributed by atoms with Crippen LogP contribution < -0.4 is 5.43 Å². The lowest BCUT2D eigenvalue weighted by atomic mass is 10.1. The summed E-state index contributed by atoms with van der Waals surface area (Å²) in [4.78, 5) is 12.0. The molecule has 0 aliphatic heterocycles. The molecule has 2 aromatic carbocycles. The number of phenols is 1. The number of hydrazone groups is 1. The van der Waals surface area contributed by atoms with E-state index in [9.17, 15) is 9.90 Å². The van der Waals surface area contributed by atoms with E-state index in [4.69, 9.17) is 0 Å². The SMILES string of the molecule is CCC/C(=N\NC(=O)c1ccc(O)cc1)c1ccccc1. The van der Waals surface area contributed by atoms with E-state index >= 15 is 0 Å². The van der Waals surface area contributed by atoms with Crippen molar-refractivity contribution in [3.05, 3.63) is 65.7 Å². The molecule has 0 bridgehead atoms. The van der Waals surface area contributed by atoms with E-state index in [1.807, 2.05) is 30.3 Å². The van der Waals surface area contributed by atoms with E-state index in [0.29, 0.717) is 5.56 Å². The molecule has 0 saturated carbocycles. The van der Waals surface area contributed by atoms with Gasteiger partial charge in [0.05, 0.1) is 5.71 Å². The Kier molecular flexibility index (Phi) is 5.10. The maximum atomic E-state index is 12.0. The summed E-state index contributed by atoms with van der Waals surface area (Å²) in [5.41, 5.74) is 4.88. The van der Waals surface area contributed by atoms with Crippen molar-refractivity contribution in [3.63, 3.8) is 0 Å². The number of carbonyl (C=O) groups is 1. The van der Waals surface area contributed by atoms with Gasteiger partial charge in [-0.2, -0.15) is 5.10 Å². The largest absolute Gasteiger partial charge is 0.508 e. The second kappa shape index (κ2) is 7.24. The summed E-state index contributed by atoms with van der Waals surface area (Å²) in [7, 11) is 0. The van der Waals surface area contributed by atoms with Crippen molar-refractivity contribution in [2.75, 3.05) is 0 Å². The Labute approximate surface area is 124 Å². The molecule has 0 heterocycles. The Bertz CT molecular complexity index is 619. The van der Waals surface area contributed by atoms with Crippen molar-refractivity contribution < 1.29 is 9.90 Å². The number of rotatable bonds is 5. The molecule has 0 aliphatic rings. The van der Waals surface area contributed by atoms with Crippen LogP contribution in [0.4, 0.5) is 0 Å². The quantitative estimate of drug-likeness (QED) is 0.652. The predicted molar refractivity (Wildman–Crippen MR) is 83.5 cm³/mol. The monoisotopic (exact) mass is 282 g/mol. The molecule has 21 heavy (non-hydrogen) atoms. The average Bonchev–Trinajstić information content (AvgIpc) is 2.52. The second-order valence-corrected chi connectivity index (χ2v) is 4.66. The van der Waals surface area contributed by atoms with Gasteiger partial charge in [0, 0.05) is 5.56 Å². The van der Waals surface area contributed by atoms with Crippen LogP contribution in [0.25, 0.3) is 0 Å². The van der Waals surface area contributed by atoms with Crippen LogP contribution in [0, 0.1) is 0 Å². The number of amides is 1. The zero-order chi connectivity index (χ0) is 15.1. The molecular formula is C17H18N2O2. The van der Waals surface area contributed by atoms with Crippen LogP contribution in [-0.2, 0) is 0 Å². The Morgan fingerprint density at radius 1 is 1.05 bits per heavy atom. The molecular weight excluding hydrogens is 264 g/mol. The minimum atomic E-state index is -0.292. The maximum absolute atomic E-state index is 12.0. The summed E-state index contributed by atoms with van der Waals surface area (Å²) in [6.45, 7) is 2.07. The minimum absolute atomic E-state index is 0.131. The number of nitrogens with one attached hydrogen (secondary N) is 1. The van der Waals surface area contributed by atoms with Gasteiger partial charge in [0.15, 0.2) is 0 Å². The fraction of sp³-hybridized carbons (Fsp3) is 0.176. The first-order valence-electron chi connectivity index (χ1n) is 6.92. The molecule has 0 aromatic heterocycles. The van der Waals surface area contributed by atoms with Gasteiger partial charge in [-0.3, -0.25) is 4.79 Å². The van der Waals surface area contributed by atoms with Gasteiger partial charge in [-0.25, -0.2) is 5.43 Å². The molecule has 2 N–H and O–H groups in total. The lowest BCUT2D eigenvalue weighted by Gasteiger charge is -2.06. The van der Waals surface area contributed by atoms with E-state index in [0.717, 1.165) is 24.1 Å². The van der Waals surface area contributed by atoms with Crippen molar-refractivity contribution >= 4 is 11.6 Å². The third-order valence-corrected chi connectivity index (χ3v) is 3.02. The summed E-state index contributed by atoms with van der Waals surface area (Å²) in [6, 6.07) is 15.9. The number of aromatic hydroxyl groups is 1. The normalized spacial score (nSPS) is 11.2. The molecule has 1 amide bonds. The topological polar surface area (TPSA) is 61.7 Å². The smallest absolute Gasteiger partial charge is 0.271 e. The highest BCUT2D eigenvalue weighted by Gasteiger charge is 2.06. The molecule has 108 valence electrons. The van der Waals surface area contributed by atoms with E-state index in [1.165, 1.54) is 12.1 Å². The van der Waals surface area contributed by atoms with E-state index in [2.05, 4.69) is 17.5 Å². The summed E-state index contributed by atoms with van der Waals surface area (Å²) >= 11 is 0. The summed E-state index contributed by atoms with van der Waals surface area (Å²) in [6.07, 6.45) is 1.74. The lowest BCUT2D eigenvalue weighted by Crippen LogP contribution is -2.20. The van der Waals surface area contributed by atoms with Gasteiger partial charge in [0.1, 0.15) is 5.75 Å². The maximum Gasteiger partial charge on any atom is 0.271 e. The molecule has 2 aromatic rings. The van der Waals surface area contributed by atoms with Gasteiger partial charge in [0.25, 0.3) is 5.91 Å². The Morgan fingerprint density at radius 3 is 2.33 bits per heavy atom. The van der Waals surface area contributed by atoms with Crippen molar-refractivity contribution in [1.82, 2.24) is 5.43 Å². The first-order chi connectivity index (χ1) is 10.2. The van der Waals surface area contributed by atoms with Crippen LogP contribution in [0.3, 0.4) is 0 Å². The number of nitrogens with zero attached hydrogens (tertiary/aromatic N) is 1. The number of phenolic OH excluding ortho intramolecular Hbond substituents is 1. The van der Waals surface area contributed by atoms with Crippen LogP contribution >= 0.6 is 0 Å². The number of carbonyl (C=O) groups excluding carboxylic acids is 1. The first kappa shape index (κ1) is 14.8. The number of hydrogen-bond donors (Lipinski definition) is 2. The average molecular weight is 282 g/mol. The molecule has 0 aliphatic carbocycles. The van der Waals surface area contributed by atoms with Crippen LogP contribution in [0.2, 0.25) is 0 Å². The molecule has 0 fully saturated rings. The predicted octanol–water partition coefficient (Wildman–Crippen LogP) is 3.33. The Morgan fingerprint density at radius 2 is 1.71 bits per heavy atom. The molecule has 0 unspecified atom stereocenters. The zero-order valence-electron chi connectivity index (χ0n) is 11.9. The highest BCUT2D eigenvalue weighted by Crippen LogP contribution is 2.10. The van der Waals surface area contributed by atoms with Crippen molar-refractivity contribution in [2.24, 2.45) is 5.10 Å². The first-order valence-corrected chi connectivity index (χ1v) is 6.92. The second-order valence-electron chi connectivity index (χ2n) is 4.66. The minimum Gasteiger partial charge on any atom is -0.508 e. The van der Waals surface area contributed by atoms with Gasteiger partial charge in [-0.05, 0) is 36.2 Å². The van der Waals surface area contributed by atoms with Crippen LogP contribution in [0.5, 0.6) is 5.75 Å². The molecule has 0 radical (unpaired) electrons. The molecule has 4 nitrogen and oxygen atoms in total. The van der Waals surface area contributed by atoms with Crippen LogP contribution in [0.15, 0.2) is 59.7 Å². The van der Waals surface area contributed by atoms with Gasteiger partial charge in [-0.15, -0.1) is 0 Å². The third-order valence-electron chi connectivity index (χ3n) is 3.02. The fourth-order valence-electron chi connectivity index (χ4n) is 1.93. The van der Waals surface area contributed by atoms with Crippen molar-refractivity contribution in [2.45, 2.75) is 19.8 Å². The third kappa shape index (κ3) is 4.18. The fourth-order valence-corrected chi connectivity index (χ4v) is 1.93. The number of benzene rings is 2. The summed E-state index contributed by atoms with van der Waals surface area (Å²) in [5.74, 6) is -0.162. The van der Waals surface area contributed by atoms with Crippen molar-refractivity contribution in [1.29, 1.82) is 0 Å². The zero-order valence-corrected chi connectivity index (χ0v) is 11.9. The highest BCUT2D eigenvalue weighted by molar-refractivity contribution is 6.02. The lowest BCUT2D eigenvalue weighted by molar-refractivity contribution is 0.0955. The van der Waals surface area contributed by atoms with E-state index < -0.39 is 0 Å². The standard InChI is InChI=1S/C17H18N2O2/c1-2-6-16(13-7-4-3-5-8-13)18-19-17(21)14-9-11-15(20)12-10-14/h3-5,7-12,20H,2,6H2,1H3,(H,19,21)/b18-16+. The Balaban J connectivity index is 2.12. The highest BCUT2D eigenvalue weighted by atomic mass is 16.3. The number of hydrogen-bond acceptors (Lipinski definition) is 3. The van der Waals surface area contributed by atoms with E-state index in [1.54, 1.807) is 12.1 Å². The molecule has 2 rings (SSSR count). The van der Waals surface area contributed by atoms with Gasteiger partial charge >= 0.3 is 0 Å². The Hall–Kier alpha value is -2.62. The van der Waals surface area contributed by atoms with Crippen molar-refractivity contribution in [3.8, 4) is 5.75 Å². The van der Waals surface area contributed by atoms with Gasteiger partial charge in [-0.1, -0.05) is 43.7 Å². The van der Waals surface area contributed by atoms with Crippen LogP contribution in [-0.4, -0.2) is 16.7 Å². The molecule has 0 saturated heterocycles. The van der Waals surface area contributed by atoms with Gasteiger partial charge in [0.2, 0.25) is 0 Å². The van der Waals surface area contributed by atoms with E-state index in [-0.39, 0.29) is 11.7 Å². The molecule has 0 atom stereocenters. The summed E-state index contributed by atoms with van der Waals surface area (Å²) in [5, 5.41) is 13.5. The van der Waals surface area contributed by atoms with Crippen LogP contribution in [0.1, 0.15) is 35.7 Å².